The lowest BCUT2D eigenvalue weighted by Gasteiger charge is -2.30. The Morgan fingerprint density at radius 1 is 1.47 bits per heavy atom. The van der Waals surface area contributed by atoms with Crippen molar-refractivity contribution in [2.45, 2.75) is 45.1 Å². The van der Waals surface area contributed by atoms with Crippen molar-refractivity contribution in [3.8, 4) is 0 Å². The van der Waals surface area contributed by atoms with E-state index in [0.717, 1.165) is 11.6 Å². The Morgan fingerprint density at radius 2 is 2.20 bits per heavy atom. The summed E-state index contributed by atoms with van der Waals surface area (Å²) in [4.78, 5) is 0. The lowest BCUT2D eigenvalue weighted by molar-refractivity contribution is 0.238. The summed E-state index contributed by atoms with van der Waals surface area (Å²) in [6.07, 6.45) is 6.52. The van der Waals surface area contributed by atoms with Crippen molar-refractivity contribution < 1.29 is 0 Å². The fourth-order valence-electron chi connectivity index (χ4n) is 2.51. The van der Waals surface area contributed by atoms with Crippen molar-refractivity contribution in [2.75, 3.05) is 0 Å². The lowest BCUT2D eigenvalue weighted by Crippen LogP contribution is -2.26. The standard InChI is InChI=1S/C11H19N3S/c1-2-8-3-5-9(6-4-8)11(12)10-7-15-14-13-10/h7-9,11H,2-6,12H2,1H3. The summed E-state index contributed by atoms with van der Waals surface area (Å²) >= 11 is 1.40. The van der Waals surface area contributed by atoms with Crippen LogP contribution in [0.5, 0.6) is 0 Å². The molecule has 1 aromatic heterocycles. The van der Waals surface area contributed by atoms with Crippen LogP contribution in [0.1, 0.15) is 50.8 Å². The minimum absolute atomic E-state index is 0.113. The second-order valence-corrected chi connectivity index (χ2v) is 5.15. The number of nitrogens with zero attached hydrogens (tertiary/aromatic N) is 2. The monoisotopic (exact) mass is 225 g/mol. The first-order valence-corrected chi connectivity index (χ1v) is 6.67. The van der Waals surface area contributed by atoms with Gasteiger partial charge in [0.25, 0.3) is 0 Å². The summed E-state index contributed by atoms with van der Waals surface area (Å²) in [5.41, 5.74) is 7.19. The molecule has 3 nitrogen and oxygen atoms in total. The Balaban J connectivity index is 1.90. The zero-order valence-corrected chi connectivity index (χ0v) is 10.0. The van der Waals surface area contributed by atoms with Crippen LogP contribution in [0.4, 0.5) is 0 Å². The van der Waals surface area contributed by atoms with E-state index in [0.29, 0.717) is 5.92 Å². The van der Waals surface area contributed by atoms with Gasteiger partial charge >= 0.3 is 0 Å². The molecular weight excluding hydrogens is 206 g/mol. The van der Waals surface area contributed by atoms with Crippen molar-refractivity contribution in [1.29, 1.82) is 0 Å². The number of hydrogen-bond acceptors (Lipinski definition) is 4. The highest BCUT2D eigenvalue weighted by atomic mass is 32.1. The molecule has 1 saturated carbocycles. The minimum Gasteiger partial charge on any atom is -0.322 e. The number of hydrogen-bond donors (Lipinski definition) is 1. The zero-order valence-electron chi connectivity index (χ0n) is 9.22. The van der Waals surface area contributed by atoms with Crippen LogP contribution in [0.25, 0.3) is 0 Å². The van der Waals surface area contributed by atoms with Gasteiger partial charge in [-0.1, -0.05) is 30.7 Å². The van der Waals surface area contributed by atoms with Crippen molar-refractivity contribution in [2.24, 2.45) is 17.6 Å². The molecule has 1 unspecified atom stereocenters. The van der Waals surface area contributed by atoms with E-state index in [2.05, 4.69) is 16.5 Å². The molecule has 15 heavy (non-hydrogen) atoms. The van der Waals surface area contributed by atoms with Crippen LogP contribution in [0.15, 0.2) is 5.38 Å². The summed E-state index contributed by atoms with van der Waals surface area (Å²) in [6.45, 7) is 2.29. The summed E-state index contributed by atoms with van der Waals surface area (Å²) in [6, 6.07) is 0.113. The maximum absolute atomic E-state index is 6.21. The molecule has 1 aliphatic rings. The lowest BCUT2D eigenvalue weighted by atomic mass is 9.77. The van der Waals surface area contributed by atoms with Crippen molar-refractivity contribution in [1.82, 2.24) is 9.59 Å². The van der Waals surface area contributed by atoms with Crippen LogP contribution in [-0.4, -0.2) is 9.59 Å². The molecule has 0 bridgehead atoms. The minimum atomic E-state index is 0.113. The zero-order chi connectivity index (χ0) is 10.7. The maximum Gasteiger partial charge on any atom is 0.0925 e. The van der Waals surface area contributed by atoms with Crippen LogP contribution >= 0.6 is 11.5 Å². The smallest absolute Gasteiger partial charge is 0.0925 e. The van der Waals surface area contributed by atoms with Gasteiger partial charge in [0.1, 0.15) is 0 Å². The summed E-state index contributed by atoms with van der Waals surface area (Å²) in [5.74, 6) is 1.55. The van der Waals surface area contributed by atoms with Gasteiger partial charge in [0, 0.05) is 5.38 Å². The van der Waals surface area contributed by atoms with Gasteiger partial charge in [-0.15, -0.1) is 5.10 Å². The number of rotatable bonds is 3. The number of aromatic nitrogens is 2. The first-order chi connectivity index (χ1) is 7.31. The van der Waals surface area contributed by atoms with Crippen LogP contribution < -0.4 is 5.73 Å². The summed E-state index contributed by atoms with van der Waals surface area (Å²) < 4.78 is 3.88. The average molecular weight is 225 g/mol. The Labute approximate surface area is 95.2 Å². The van der Waals surface area contributed by atoms with Crippen molar-refractivity contribution >= 4 is 11.5 Å². The first-order valence-electron chi connectivity index (χ1n) is 5.83. The largest absolute Gasteiger partial charge is 0.322 e. The van der Waals surface area contributed by atoms with Crippen LogP contribution in [-0.2, 0) is 0 Å². The highest BCUT2D eigenvalue weighted by molar-refractivity contribution is 7.03. The topological polar surface area (TPSA) is 51.8 Å². The van der Waals surface area contributed by atoms with Gasteiger partial charge in [0.05, 0.1) is 11.7 Å². The van der Waals surface area contributed by atoms with Gasteiger partial charge in [-0.25, -0.2) is 0 Å². The Hall–Kier alpha value is -0.480. The molecule has 1 atom stereocenters. The van der Waals surface area contributed by atoms with Crippen LogP contribution in [0.3, 0.4) is 0 Å². The van der Waals surface area contributed by atoms with Crippen LogP contribution in [0.2, 0.25) is 0 Å². The normalized spacial score (nSPS) is 28.9. The molecule has 1 heterocycles. The highest BCUT2D eigenvalue weighted by Gasteiger charge is 2.26. The molecule has 2 N–H and O–H groups in total. The Bertz CT molecular complexity index is 278. The fraction of sp³-hybridized carbons (Fsp3) is 0.818. The first kappa shape index (κ1) is 11.0. The van der Waals surface area contributed by atoms with Crippen molar-refractivity contribution in [3.05, 3.63) is 11.1 Å². The fourth-order valence-corrected chi connectivity index (χ4v) is 3.02. The van der Waals surface area contributed by atoms with Crippen LogP contribution in [0, 0.1) is 11.8 Å². The molecule has 0 spiro atoms. The van der Waals surface area contributed by atoms with E-state index in [-0.39, 0.29) is 6.04 Å². The van der Waals surface area contributed by atoms with Gasteiger partial charge in [-0.2, -0.15) is 0 Å². The van der Waals surface area contributed by atoms with E-state index in [9.17, 15) is 0 Å². The molecule has 1 aliphatic carbocycles. The molecule has 84 valence electrons. The molecule has 0 saturated heterocycles. The molecule has 1 fully saturated rings. The van der Waals surface area contributed by atoms with E-state index in [1.54, 1.807) is 0 Å². The third-order valence-electron chi connectivity index (χ3n) is 3.70. The maximum atomic E-state index is 6.21. The average Bonchev–Trinajstić information content (AvgIpc) is 2.82. The summed E-state index contributed by atoms with van der Waals surface area (Å²) in [7, 11) is 0. The molecular formula is C11H19N3S. The van der Waals surface area contributed by atoms with Gasteiger partial charge < -0.3 is 5.73 Å². The molecule has 2 rings (SSSR count). The second-order valence-electron chi connectivity index (χ2n) is 4.54. The van der Waals surface area contributed by atoms with Gasteiger partial charge in [-0.05, 0) is 36.2 Å². The predicted molar refractivity (Wildman–Crippen MR) is 62.6 cm³/mol. The van der Waals surface area contributed by atoms with E-state index in [1.165, 1.54) is 43.6 Å². The van der Waals surface area contributed by atoms with E-state index in [1.807, 2.05) is 5.38 Å². The van der Waals surface area contributed by atoms with Crippen molar-refractivity contribution in [3.63, 3.8) is 0 Å². The third-order valence-corrected chi connectivity index (χ3v) is 4.22. The molecule has 1 aromatic rings. The van der Waals surface area contributed by atoms with E-state index >= 15 is 0 Å². The Kier molecular flexibility index (Phi) is 3.70. The number of nitrogens with two attached hydrogens (primary N) is 1. The highest BCUT2D eigenvalue weighted by Crippen LogP contribution is 2.36. The predicted octanol–water partition coefficient (Wildman–Crippen LogP) is 2.75. The molecule has 0 amide bonds. The third kappa shape index (κ3) is 2.55. The SMILES string of the molecule is CCC1CCC(C(N)c2csnn2)CC1. The van der Waals surface area contributed by atoms with E-state index in [4.69, 9.17) is 5.73 Å². The quantitative estimate of drug-likeness (QED) is 0.860. The Morgan fingerprint density at radius 3 is 2.73 bits per heavy atom. The molecule has 4 heteroatoms. The molecule has 0 aromatic carbocycles. The van der Waals surface area contributed by atoms with Gasteiger partial charge in [-0.3, -0.25) is 0 Å². The second kappa shape index (κ2) is 5.03. The van der Waals surface area contributed by atoms with E-state index < -0.39 is 0 Å². The molecule has 0 radical (unpaired) electrons. The van der Waals surface area contributed by atoms with Gasteiger partial charge in [0.15, 0.2) is 0 Å². The summed E-state index contributed by atoms with van der Waals surface area (Å²) in [5, 5.41) is 6.06. The molecule has 0 aliphatic heterocycles. The van der Waals surface area contributed by atoms with Gasteiger partial charge in [0.2, 0.25) is 0 Å².